The summed E-state index contributed by atoms with van der Waals surface area (Å²) in [5, 5.41) is 6.51. The van der Waals surface area contributed by atoms with Crippen LogP contribution in [0.2, 0.25) is 0 Å². The number of amides is 1. The summed E-state index contributed by atoms with van der Waals surface area (Å²) in [6.07, 6.45) is 3.67. The lowest BCUT2D eigenvalue weighted by Gasteiger charge is -2.14. The molecule has 6 nitrogen and oxygen atoms in total. The molecule has 0 N–H and O–H groups in total. The van der Waals surface area contributed by atoms with Crippen LogP contribution in [0.5, 0.6) is 0 Å². The van der Waals surface area contributed by atoms with Gasteiger partial charge in [0.1, 0.15) is 11.3 Å². The van der Waals surface area contributed by atoms with E-state index in [9.17, 15) is 9.59 Å². The van der Waals surface area contributed by atoms with E-state index in [2.05, 4.69) is 5.10 Å². The number of para-hydroxylation sites is 1. The number of likely N-dealkylation sites (tertiary alicyclic amines) is 1. The average Bonchev–Trinajstić information content (AvgIpc) is 3.47. The van der Waals surface area contributed by atoms with Crippen LogP contribution in [0, 0.1) is 0 Å². The SMILES string of the molecule is O=C(OCC(=O)N1CCCC1)c1cn(-c2ccccc2)nc1-c1cccs1. The van der Waals surface area contributed by atoms with E-state index in [1.807, 2.05) is 47.8 Å². The lowest BCUT2D eigenvalue weighted by molar-refractivity contribution is -0.133. The molecule has 138 valence electrons. The number of aromatic nitrogens is 2. The van der Waals surface area contributed by atoms with Gasteiger partial charge in [0.05, 0.1) is 10.6 Å². The van der Waals surface area contributed by atoms with E-state index in [1.54, 1.807) is 15.8 Å². The number of carbonyl (C=O) groups is 2. The molecule has 0 saturated carbocycles. The van der Waals surface area contributed by atoms with Crippen LogP contribution in [0.4, 0.5) is 0 Å². The van der Waals surface area contributed by atoms with Crippen molar-refractivity contribution in [3.8, 4) is 16.3 Å². The van der Waals surface area contributed by atoms with Gasteiger partial charge in [-0.2, -0.15) is 5.10 Å². The zero-order chi connectivity index (χ0) is 18.6. The van der Waals surface area contributed by atoms with Gasteiger partial charge in [-0.15, -0.1) is 11.3 Å². The van der Waals surface area contributed by atoms with E-state index in [4.69, 9.17) is 4.74 Å². The third-order valence-corrected chi connectivity index (χ3v) is 5.37. The second kappa shape index (κ2) is 7.75. The number of hydrogen-bond acceptors (Lipinski definition) is 5. The largest absolute Gasteiger partial charge is 0.452 e. The molecule has 3 heterocycles. The second-order valence-corrected chi connectivity index (χ2v) is 7.26. The fourth-order valence-electron chi connectivity index (χ4n) is 3.09. The monoisotopic (exact) mass is 381 g/mol. The van der Waals surface area contributed by atoms with Gasteiger partial charge in [0.15, 0.2) is 6.61 Å². The number of hydrogen-bond donors (Lipinski definition) is 0. The Balaban J connectivity index is 1.57. The molecular weight excluding hydrogens is 362 g/mol. The Bertz CT molecular complexity index is 929. The summed E-state index contributed by atoms with van der Waals surface area (Å²) >= 11 is 1.50. The molecule has 0 radical (unpaired) electrons. The Hall–Kier alpha value is -2.93. The van der Waals surface area contributed by atoms with E-state index in [-0.39, 0.29) is 12.5 Å². The van der Waals surface area contributed by atoms with Crippen LogP contribution in [0.1, 0.15) is 23.2 Å². The number of nitrogens with zero attached hydrogens (tertiary/aromatic N) is 3. The molecule has 1 saturated heterocycles. The minimum absolute atomic E-state index is 0.144. The maximum atomic E-state index is 12.7. The quantitative estimate of drug-likeness (QED) is 0.636. The summed E-state index contributed by atoms with van der Waals surface area (Å²) < 4.78 is 6.97. The van der Waals surface area contributed by atoms with Gasteiger partial charge in [0, 0.05) is 19.3 Å². The Morgan fingerprint density at radius 3 is 2.56 bits per heavy atom. The van der Waals surface area contributed by atoms with E-state index >= 15 is 0 Å². The molecular formula is C20H19N3O3S. The van der Waals surface area contributed by atoms with Gasteiger partial charge in [-0.25, -0.2) is 9.48 Å². The first-order valence-corrected chi connectivity index (χ1v) is 9.74. The van der Waals surface area contributed by atoms with Crippen molar-refractivity contribution >= 4 is 23.2 Å². The minimum Gasteiger partial charge on any atom is -0.452 e. The van der Waals surface area contributed by atoms with Gasteiger partial charge < -0.3 is 9.64 Å². The highest BCUT2D eigenvalue weighted by molar-refractivity contribution is 7.13. The van der Waals surface area contributed by atoms with Crippen LogP contribution in [0.25, 0.3) is 16.3 Å². The first-order chi connectivity index (χ1) is 13.2. The number of ether oxygens (including phenoxy) is 1. The number of carbonyl (C=O) groups excluding carboxylic acids is 2. The Kier molecular flexibility index (Phi) is 5.02. The zero-order valence-corrected chi connectivity index (χ0v) is 15.5. The molecule has 0 atom stereocenters. The van der Waals surface area contributed by atoms with Crippen molar-refractivity contribution in [1.82, 2.24) is 14.7 Å². The van der Waals surface area contributed by atoms with Crippen LogP contribution in [-0.2, 0) is 9.53 Å². The van der Waals surface area contributed by atoms with Crippen molar-refractivity contribution < 1.29 is 14.3 Å². The molecule has 1 aromatic carbocycles. The van der Waals surface area contributed by atoms with Crippen molar-refractivity contribution in [2.45, 2.75) is 12.8 Å². The van der Waals surface area contributed by atoms with Gasteiger partial charge >= 0.3 is 5.97 Å². The average molecular weight is 381 g/mol. The standard InChI is InChI=1S/C20H19N3O3S/c24-18(22-10-4-5-11-22)14-26-20(25)16-13-23(15-7-2-1-3-8-15)21-19(16)17-9-6-12-27-17/h1-3,6-9,12-13H,4-5,10-11,14H2. The number of esters is 1. The van der Waals surface area contributed by atoms with Gasteiger partial charge in [0.2, 0.25) is 0 Å². The smallest absolute Gasteiger partial charge is 0.342 e. The summed E-state index contributed by atoms with van der Waals surface area (Å²) in [7, 11) is 0. The molecule has 1 fully saturated rings. The number of rotatable bonds is 5. The molecule has 0 spiro atoms. The highest BCUT2D eigenvalue weighted by Crippen LogP contribution is 2.28. The molecule has 4 rings (SSSR count). The van der Waals surface area contributed by atoms with Crippen LogP contribution < -0.4 is 0 Å². The second-order valence-electron chi connectivity index (χ2n) is 6.31. The lowest BCUT2D eigenvalue weighted by Crippen LogP contribution is -2.32. The van der Waals surface area contributed by atoms with E-state index in [0.29, 0.717) is 11.3 Å². The normalized spacial score (nSPS) is 13.7. The molecule has 7 heteroatoms. The highest BCUT2D eigenvalue weighted by Gasteiger charge is 2.23. The molecule has 0 unspecified atom stereocenters. The van der Waals surface area contributed by atoms with Gasteiger partial charge in [-0.05, 0) is 36.4 Å². The fraction of sp³-hybridized carbons (Fsp3) is 0.250. The lowest BCUT2D eigenvalue weighted by atomic mass is 10.2. The summed E-state index contributed by atoms with van der Waals surface area (Å²) in [5.41, 5.74) is 1.77. The Labute approximate surface area is 161 Å². The summed E-state index contributed by atoms with van der Waals surface area (Å²) in [4.78, 5) is 27.4. The summed E-state index contributed by atoms with van der Waals surface area (Å²) in [5.74, 6) is -0.679. The van der Waals surface area contributed by atoms with Crippen molar-refractivity contribution in [3.05, 3.63) is 59.6 Å². The topological polar surface area (TPSA) is 64.4 Å². The van der Waals surface area contributed by atoms with E-state index in [1.165, 1.54) is 11.3 Å². The molecule has 1 amide bonds. The number of thiophene rings is 1. The van der Waals surface area contributed by atoms with Crippen LogP contribution in [-0.4, -0.2) is 46.3 Å². The van der Waals surface area contributed by atoms with E-state index < -0.39 is 5.97 Å². The molecule has 2 aromatic heterocycles. The molecule has 0 bridgehead atoms. The van der Waals surface area contributed by atoms with Crippen molar-refractivity contribution in [3.63, 3.8) is 0 Å². The fourth-order valence-corrected chi connectivity index (χ4v) is 3.82. The molecule has 1 aliphatic heterocycles. The first kappa shape index (κ1) is 17.5. The Morgan fingerprint density at radius 2 is 1.85 bits per heavy atom. The number of benzene rings is 1. The van der Waals surface area contributed by atoms with Gasteiger partial charge in [-0.3, -0.25) is 4.79 Å². The van der Waals surface area contributed by atoms with Crippen LogP contribution in [0.15, 0.2) is 54.0 Å². The highest BCUT2D eigenvalue weighted by atomic mass is 32.1. The Morgan fingerprint density at radius 1 is 1.07 bits per heavy atom. The molecule has 0 aliphatic carbocycles. The predicted octanol–water partition coefficient (Wildman–Crippen LogP) is 3.38. The summed E-state index contributed by atoms with van der Waals surface area (Å²) in [6.45, 7) is 1.24. The summed E-state index contributed by atoms with van der Waals surface area (Å²) in [6, 6.07) is 13.4. The third kappa shape index (κ3) is 3.78. The van der Waals surface area contributed by atoms with Crippen LogP contribution in [0.3, 0.4) is 0 Å². The third-order valence-electron chi connectivity index (χ3n) is 4.49. The van der Waals surface area contributed by atoms with Crippen molar-refractivity contribution in [1.29, 1.82) is 0 Å². The molecule has 27 heavy (non-hydrogen) atoms. The van der Waals surface area contributed by atoms with E-state index in [0.717, 1.165) is 36.5 Å². The van der Waals surface area contributed by atoms with Crippen molar-refractivity contribution in [2.24, 2.45) is 0 Å². The molecule has 1 aliphatic rings. The van der Waals surface area contributed by atoms with Crippen LogP contribution >= 0.6 is 11.3 Å². The zero-order valence-electron chi connectivity index (χ0n) is 14.7. The van der Waals surface area contributed by atoms with Gasteiger partial charge in [-0.1, -0.05) is 24.3 Å². The van der Waals surface area contributed by atoms with Gasteiger partial charge in [0.25, 0.3) is 5.91 Å². The predicted molar refractivity (Wildman–Crippen MR) is 103 cm³/mol. The first-order valence-electron chi connectivity index (χ1n) is 8.86. The maximum Gasteiger partial charge on any atom is 0.342 e. The van der Waals surface area contributed by atoms with Crippen molar-refractivity contribution in [2.75, 3.05) is 19.7 Å². The minimum atomic E-state index is -0.534. The molecule has 3 aromatic rings. The maximum absolute atomic E-state index is 12.7.